The van der Waals surface area contributed by atoms with Gasteiger partial charge in [0.1, 0.15) is 11.6 Å². The van der Waals surface area contributed by atoms with E-state index in [1.165, 1.54) is 27.1 Å². The number of morpholine rings is 1. The normalized spacial score (nSPS) is 18.6. The molecule has 23 heteroatoms. The summed E-state index contributed by atoms with van der Waals surface area (Å²) in [7, 11) is 1.62. The van der Waals surface area contributed by atoms with E-state index in [1.807, 2.05) is 0 Å². The third-order valence-corrected chi connectivity index (χ3v) is 16.0. The highest BCUT2D eigenvalue weighted by Gasteiger charge is 2.65. The lowest BCUT2D eigenvalue weighted by Crippen LogP contribution is -2.75. The maximum atomic E-state index is 16.0. The number of nitrogens with one attached hydrogen (secondary N) is 2. The molecule has 8 amide bonds. The van der Waals surface area contributed by atoms with Crippen LogP contribution in [0.25, 0.3) is 0 Å². The Kier molecular flexibility index (Phi) is 19.5. The Hall–Kier alpha value is -5.85. The fourth-order valence-corrected chi connectivity index (χ4v) is 11.9. The standard InChI is InChI=1S/C51H67N9O12S2/c1-7-8-19-40(62)51(73-34(5)61,50(52,48(70)54-56-24-26-72-27-25-56)29-33(4)30-59-46(68)37-17-11-12-18-38(37)47(59)69)49(71)74-60(39(28-32(2)3)43(65)53-57-23-22-55(6)42(64)31-57)41(63)20-13-14-21-58-44(66)35-15-9-10-16-36(35)45(58)67/h9-12,15-18,32-33,39H,7-8,13-14,19-31,52H2,1-6H3,(H,53,65)(H,54,70)/t33?,39-,50+,51?/m0/s1. The molecule has 2 unspecified atom stereocenters. The third kappa shape index (κ3) is 12.6. The number of amides is 8. The second-order valence-electron chi connectivity index (χ2n) is 19.6. The van der Waals surface area contributed by atoms with Crippen LogP contribution in [0.2, 0.25) is 0 Å². The van der Waals surface area contributed by atoms with Crippen LogP contribution in [0.15, 0.2) is 48.5 Å². The van der Waals surface area contributed by atoms with E-state index >= 15 is 14.4 Å². The molecule has 0 aliphatic carbocycles. The topological polar surface area (TPSA) is 267 Å². The Labute approximate surface area is 439 Å². The van der Waals surface area contributed by atoms with Crippen molar-refractivity contribution in [3.8, 4) is 0 Å². The molecule has 0 saturated carbocycles. The molecule has 2 fully saturated rings. The molecule has 4 aliphatic rings. The molecular weight excluding hydrogens is 995 g/mol. The summed E-state index contributed by atoms with van der Waals surface area (Å²) in [6, 6.07) is 11.2. The number of benzene rings is 2. The number of ether oxygens (including phenoxy) is 1. The van der Waals surface area contributed by atoms with E-state index in [9.17, 15) is 38.4 Å². The first-order chi connectivity index (χ1) is 35.1. The quantitative estimate of drug-likeness (QED) is 0.0625. The summed E-state index contributed by atoms with van der Waals surface area (Å²) in [5.41, 5.74) is 11.2. The number of thioether (sulfide) groups is 1. The van der Waals surface area contributed by atoms with Gasteiger partial charge in [-0.3, -0.25) is 77.7 Å². The number of unbranched alkanes of at least 4 members (excludes halogenated alkanes) is 2. The molecule has 0 bridgehead atoms. The first-order valence-corrected chi connectivity index (χ1v) is 26.6. The van der Waals surface area contributed by atoms with Gasteiger partial charge in [0.05, 0.1) is 42.0 Å². The summed E-state index contributed by atoms with van der Waals surface area (Å²) in [6.45, 7) is 8.84. The minimum atomic E-state index is -2.82. The molecule has 4 heterocycles. The van der Waals surface area contributed by atoms with E-state index in [4.69, 9.17) is 10.5 Å². The van der Waals surface area contributed by atoms with Crippen molar-refractivity contribution in [2.75, 3.05) is 66.1 Å². The Balaban J connectivity index is 1.41. The lowest BCUT2D eigenvalue weighted by atomic mass is 9.74. The van der Waals surface area contributed by atoms with Crippen LogP contribution in [0.3, 0.4) is 0 Å². The Morgan fingerprint density at radius 1 is 0.757 bits per heavy atom. The smallest absolute Gasteiger partial charge is 0.261 e. The van der Waals surface area contributed by atoms with Crippen molar-refractivity contribution < 1.29 is 57.5 Å². The number of Topliss-reactive ketones (excluding diaryl/α,β-unsaturated/α-hetero) is 1. The van der Waals surface area contributed by atoms with E-state index in [-0.39, 0.29) is 155 Å². The van der Waals surface area contributed by atoms with Crippen molar-refractivity contribution in [1.82, 2.24) is 39.9 Å². The van der Waals surface area contributed by atoms with Gasteiger partial charge in [-0.1, -0.05) is 70.1 Å². The van der Waals surface area contributed by atoms with Crippen molar-refractivity contribution in [2.45, 2.75) is 102 Å². The molecule has 0 spiro atoms. The summed E-state index contributed by atoms with van der Waals surface area (Å²) < 4.78 is 3.62. The summed E-state index contributed by atoms with van der Waals surface area (Å²) in [5.74, 6) is -7.14. The van der Waals surface area contributed by atoms with Crippen LogP contribution < -0.4 is 16.6 Å². The predicted octanol–water partition coefficient (Wildman–Crippen LogP) is 2.84. The van der Waals surface area contributed by atoms with Gasteiger partial charge in [-0.2, -0.15) is 0 Å². The number of imide groups is 2. The van der Waals surface area contributed by atoms with E-state index in [0.29, 0.717) is 6.42 Å². The van der Waals surface area contributed by atoms with Crippen LogP contribution in [0, 0.1) is 11.8 Å². The molecule has 2 aromatic rings. The zero-order chi connectivity index (χ0) is 54.1. The minimum Gasteiger partial charge on any atom is -0.379 e. The molecule has 4 N–H and O–H groups in total. The number of carbonyl (C=O) groups is 11. The number of likely N-dealkylation sites (N-methyl/N-ethyl adjacent to an activating group) is 1. The van der Waals surface area contributed by atoms with Crippen LogP contribution >= 0.6 is 23.7 Å². The Morgan fingerprint density at radius 2 is 1.32 bits per heavy atom. The molecule has 74 heavy (non-hydrogen) atoms. The second-order valence-corrected chi connectivity index (χ2v) is 21.9. The summed E-state index contributed by atoms with van der Waals surface area (Å²) >= 11 is 0.429. The number of hydrogen-bond donors (Lipinski definition) is 3. The van der Waals surface area contributed by atoms with Crippen molar-refractivity contribution in [3.63, 3.8) is 0 Å². The summed E-state index contributed by atoms with van der Waals surface area (Å²) in [4.78, 5) is 160. The molecule has 400 valence electrons. The zero-order valence-electron chi connectivity index (χ0n) is 42.8. The van der Waals surface area contributed by atoms with Gasteiger partial charge in [0.15, 0.2) is 15.6 Å². The predicted molar refractivity (Wildman–Crippen MR) is 274 cm³/mol. The molecule has 0 aromatic heterocycles. The maximum Gasteiger partial charge on any atom is 0.261 e. The molecule has 6 rings (SSSR count). The second kappa shape index (κ2) is 25.1. The van der Waals surface area contributed by atoms with Gasteiger partial charge in [0, 0.05) is 78.0 Å². The van der Waals surface area contributed by atoms with E-state index in [2.05, 4.69) is 10.9 Å². The molecule has 21 nitrogen and oxygen atoms in total. The highest BCUT2D eigenvalue weighted by Crippen LogP contribution is 2.46. The number of hydrazine groups is 2. The van der Waals surface area contributed by atoms with Gasteiger partial charge in [-0.15, -0.1) is 0 Å². The number of nitrogens with zero attached hydrogens (tertiary/aromatic N) is 6. The fraction of sp³-hybridized carbons (Fsp3) is 0.549. The zero-order valence-corrected chi connectivity index (χ0v) is 44.5. The lowest BCUT2D eigenvalue weighted by Gasteiger charge is -2.46. The van der Waals surface area contributed by atoms with Crippen LogP contribution in [-0.2, 0) is 38.3 Å². The largest absolute Gasteiger partial charge is 0.379 e. The highest BCUT2D eigenvalue weighted by atomic mass is 32.2. The summed E-state index contributed by atoms with van der Waals surface area (Å²) in [6.07, 6.45) is -0.448. The highest BCUT2D eigenvalue weighted by molar-refractivity contribution is 8.20. The number of nitrogens with two attached hydrogens (primary N) is 1. The van der Waals surface area contributed by atoms with E-state index in [1.54, 1.807) is 71.1 Å². The molecule has 4 aliphatic heterocycles. The van der Waals surface area contributed by atoms with E-state index in [0.717, 1.165) is 21.0 Å². The number of rotatable bonds is 23. The first-order valence-electron chi connectivity index (χ1n) is 25.0. The Morgan fingerprint density at radius 3 is 1.85 bits per heavy atom. The van der Waals surface area contributed by atoms with Gasteiger partial charge in [-0.05, 0) is 68.2 Å². The van der Waals surface area contributed by atoms with Crippen LogP contribution in [0.4, 0.5) is 0 Å². The lowest BCUT2D eigenvalue weighted by molar-refractivity contribution is -0.143. The Bertz CT molecular complexity index is 2470. The van der Waals surface area contributed by atoms with Crippen LogP contribution in [0.1, 0.15) is 127 Å². The fourth-order valence-electron chi connectivity index (χ4n) is 9.49. The van der Waals surface area contributed by atoms with Crippen molar-refractivity contribution >= 4 is 87.0 Å². The summed E-state index contributed by atoms with van der Waals surface area (Å²) in [5, 5.41) is 0.912. The van der Waals surface area contributed by atoms with Crippen LogP contribution in [-0.4, -0.2) is 175 Å². The number of ketones is 1. The number of carbonyl (C=O) groups excluding carboxylic acids is 11. The van der Waals surface area contributed by atoms with Gasteiger partial charge in [0.25, 0.3) is 35.4 Å². The third-order valence-electron chi connectivity index (χ3n) is 13.4. The van der Waals surface area contributed by atoms with Gasteiger partial charge in [-0.25, -0.2) is 10.0 Å². The average molecular weight is 1060 g/mol. The monoisotopic (exact) mass is 1060 g/mol. The SMILES string of the molecule is CCCCC(=O)C(SC(C)=O)(C(=O)SN(C(=O)CCCCN1C(=O)c2ccccc2C1=O)[C@@H](CC(C)C)C(=O)NN1CCN(C)C(=O)C1)[C@@](N)(CC(C)CN1C(=O)c2ccccc2C1=O)C(=O)NN1CCOCC1. The molecular formula is C51H67N9O12S2. The molecule has 2 aromatic carbocycles. The van der Waals surface area contributed by atoms with Crippen molar-refractivity contribution in [2.24, 2.45) is 17.6 Å². The maximum absolute atomic E-state index is 16.0. The molecule has 2 saturated heterocycles. The van der Waals surface area contributed by atoms with Gasteiger partial charge >= 0.3 is 0 Å². The number of hydrogen-bond acceptors (Lipinski definition) is 17. The van der Waals surface area contributed by atoms with Crippen molar-refractivity contribution in [3.05, 3.63) is 70.8 Å². The number of piperazine rings is 1. The van der Waals surface area contributed by atoms with E-state index < -0.39 is 86.0 Å². The van der Waals surface area contributed by atoms with Gasteiger partial charge in [0.2, 0.25) is 16.9 Å². The first kappa shape index (κ1) is 57.4. The average Bonchev–Trinajstić information content (AvgIpc) is 3.75. The van der Waals surface area contributed by atoms with Gasteiger partial charge < -0.3 is 15.4 Å². The molecule has 0 radical (unpaired) electrons. The van der Waals surface area contributed by atoms with Crippen LogP contribution in [0.5, 0.6) is 0 Å². The minimum absolute atomic E-state index is 0.0455. The molecule has 4 atom stereocenters. The number of fused-ring (bicyclic) bond motifs is 2. The van der Waals surface area contributed by atoms with Crippen molar-refractivity contribution in [1.29, 1.82) is 0 Å².